The fourth-order valence-corrected chi connectivity index (χ4v) is 2.17. The van der Waals surface area contributed by atoms with Crippen molar-refractivity contribution in [1.82, 2.24) is 10.1 Å². The van der Waals surface area contributed by atoms with Crippen molar-refractivity contribution >= 4 is 29.0 Å². The Morgan fingerprint density at radius 1 is 1.48 bits per heavy atom. The predicted octanol–water partition coefficient (Wildman–Crippen LogP) is 3.52. The molecule has 0 saturated carbocycles. The van der Waals surface area contributed by atoms with E-state index in [2.05, 4.69) is 10.5 Å². The van der Waals surface area contributed by atoms with Gasteiger partial charge in [0, 0.05) is 24.4 Å². The number of rotatable bonds is 4. The van der Waals surface area contributed by atoms with Crippen molar-refractivity contribution in [3.63, 3.8) is 0 Å². The fraction of sp³-hybridized carbons (Fsp3) is 0.286. The molecule has 0 bridgehead atoms. The number of benzene rings is 1. The first kappa shape index (κ1) is 16.8. The van der Waals surface area contributed by atoms with E-state index in [1.807, 2.05) is 0 Å². The number of hydrogen-bond acceptors (Lipinski definition) is 5. The summed E-state index contributed by atoms with van der Waals surface area (Å²) in [7, 11) is 1.60. The number of nitro groups is 1. The Hall–Kier alpha value is -2.61. The number of nitro benzene ring substituents is 1. The Labute approximate surface area is 137 Å². The van der Waals surface area contributed by atoms with E-state index in [-0.39, 0.29) is 16.4 Å². The second-order valence-electron chi connectivity index (χ2n) is 5.01. The number of aryl methyl sites for hydroxylation is 2. The van der Waals surface area contributed by atoms with Crippen LogP contribution in [-0.2, 0) is 6.54 Å². The molecule has 23 heavy (non-hydrogen) atoms. The maximum absolute atomic E-state index is 12.2. The van der Waals surface area contributed by atoms with Crippen molar-refractivity contribution in [1.29, 1.82) is 0 Å². The first-order chi connectivity index (χ1) is 10.8. The maximum Gasteiger partial charge on any atom is 0.321 e. The lowest BCUT2D eigenvalue weighted by atomic mass is 10.2. The van der Waals surface area contributed by atoms with Crippen molar-refractivity contribution in [2.75, 3.05) is 12.4 Å². The molecule has 122 valence electrons. The second kappa shape index (κ2) is 6.66. The largest absolute Gasteiger partial charge is 0.361 e. The smallest absolute Gasteiger partial charge is 0.321 e. The quantitative estimate of drug-likeness (QED) is 0.678. The van der Waals surface area contributed by atoms with Crippen LogP contribution in [0.4, 0.5) is 16.2 Å². The Balaban J connectivity index is 2.10. The lowest BCUT2D eigenvalue weighted by molar-refractivity contribution is -0.384. The minimum Gasteiger partial charge on any atom is -0.361 e. The number of halogens is 1. The van der Waals surface area contributed by atoms with Crippen molar-refractivity contribution in [2.45, 2.75) is 20.4 Å². The summed E-state index contributed by atoms with van der Waals surface area (Å²) in [6.45, 7) is 3.87. The van der Waals surface area contributed by atoms with Crippen LogP contribution in [0.25, 0.3) is 0 Å². The number of carbonyl (C=O) groups excluding carboxylic acids is 1. The van der Waals surface area contributed by atoms with Crippen LogP contribution in [0.1, 0.15) is 17.0 Å². The highest BCUT2D eigenvalue weighted by atomic mass is 35.5. The third-order valence-corrected chi connectivity index (χ3v) is 3.64. The Morgan fingerprint density at radius 3 is 2.74 bits per heavy atom. The van der Waals surface area contributed by atoms with Gasteiger partial charge >= 0.3 is 6.03 Å². The molecule has 0 unspecified atom stereocenters. The number of hydrogen-bond donors (Lipinski definition) is 1. The van der Waals surface area contributed by atoms with Crippen LogP contribution in [0.2, 0.25) is 5.02 Å². The van der Waals surface area contributed by atoms with Crippen molar-refractivity contribution in [3.8, 4) is 0 Å². The molecule has 1 N–H and O–H groups in total. The summed E-state index contributed by atoms with van der Waals surface area (Å²) in [5, 5.41) is 17.3. The summed E-state index contributed by atoms with van der Waals surface area (Å²) in [5.41, 5.74) is 1.56. The summed E-state index contributed by atoms with van der Waals surface area (Å²) in [5.74, 6) is 0.643. The molecular weight excluding hydrogens is 324 g/mol. The van der Waals surface area contributed by atoms with Crippen molar-refractivity contribution in [2.24, 2.45) is 0 Å². The average Bonchev–Trinajstić information content (AvgIpc) is 2.80. The number of anilines is 1. The SMILES string of the molecule is Cc1noc(C)c1CN(C)C(=O)Nc1ccc(Cl)c([N+](=O)[O-])c1. The van der Waals surface area contributed by atoms with E-state index < -0.39 is 11.0 Å². The van der Waals surface area contributed by atoms with Gasteiger partial charge in [-0.15, -0.1) is 0 Å². The van der Waals surface area contributed by atoms with Gasteiger partial charge in [-0.25, -0.2) is 4.79 Å². The molecule has 0 radical (unpaired) electrons. The number of nitrogens with one attached hydrogen (secondary N) is 1. The minimum atomic E-state index is -0.606. The van der Waals surface area contributed by atoms with Crippen LogP contribution in [0.15, 0.2) is 22.7 Å². The second-order valence-corrected chi connectivity index (χ2v) is 5.42. The lowest BCUT2D eigenvalue weighted by Gasteiger charge is -2.17. The van der Waals surface area contributed by atoms with Gasteiger partial charge in [-0.3, -0.25) is 10.1 Å². The van der Waals surface area contributed by atoms with Gasteiger partial charge in [0.25, 0.3) is 5.69 Å². The van der Waals surface area contributed by atoms with Gasteiger partial charge in [-0.2, -0.15) is 0 Å². The van der Waals surface area contributed by atoms with Crippen LogP contribution in [0.5, 0.6) is 0 Å². The molecular formula is C14H15ClN4O4. The highest BCUT2D eigenvalue weighted by Crippen LogP contribution is 2.27. The molecule has 2 aromatic rings. The summed E-state index contributed by atoms with van der Waals surface area (Å²) in [6.07, 6.45) is 0. The zero-order valence-electron chi connectivity index (χ0n) is 12.8. The third kappa shape index (κ3) is 3.78. The van der Waals surface area contributed by atoms with Crippen LogP contribution in [0.3, 0.4) is 0 Å². The summed E-state index contributed by atoms with van der Waals surface area (Å²) in [4.78, 5) is 23.9. The number of carbonyl (C=O) groups is 1. The van der Waals surface area contributed by atoms with E-state index in [0.717, 1.165) is 5.56 Å². The molecule has 0 saturated heterocycles. The minimum absolute atomic E-state index is 0.0112. The van der Waals surface area contributed by atoms with Crippen LogP contribution in [0, 0.1) is 24.0 Å². The number of urea groups is 1. The molecule has 2 rings (SSSR count). The third-order valence-electron chi connectivity index (χ3n) is 3.32. The molecule has 9 heteroatoms. The standard InChI is InChI=1S/C14H15ClN4O4/c1-8-11(9(2)23-17-8)7-18(3)14(20)16-10-4-5-12(15)13(6-10)19(21)22/h4-6H,7H2,1-3H3,(H,16,20). The molecule has 0 aliphatic heterocycles. The molecule has 2 amide bonds. The normalized spacial score (nSPS) is 10.4. The van der Waals surface area contributed by atoms with Crippen molar-refractivity contribution in [3.05, 3.63) is 50.4 Å². The maximum atomic E-state index is 12.2. The van der Waals surface area contributed by atoms with E-state index in [4.69, 9.17) is 16.1 Å². The van der Waals surface area contributed by atoms with Gasteiger partial charge in [-0.05, 0) is 26.0 Å². The molecule has 0 atom stereocenters. The molecule has 8 nitrogen and oxygen atoms in total. The van der Waals surface area contributed by atoms with Crippen LogP contribution < -0.4 is 5.32 Å². The van der Waals surface area contributed by atoms with Gasteiger partial charge in [0.15, 0.2) is 0 Å². The Kier molecular flexibility index (Phi) is 4.85. The first-order valence-electron chi connectivity index (χ1n) is 6.67. The van der Waals surface area contributed by atoms with E-state index in [1.165, 1.54) is 23.1 Å². The van der Waals surface area contributed by atoms with Crippen molar-refractivity contribution < 1.29 is 14.2 Å². The van der Waals surface area contributed by atoms with E-state index >= 15 is 0 Å². The van der Waals surface area contributed by atoms with Gasteiger partial charge in [-0.1, -0.05) is 16.8 Å². The fourth-order valence-electron chi connectivity index (χ4n) is 1.99. The topological polar surface area (TPSA) is 102 Å². The molecule has 0 aliphatic carbocycles. The highest BCUT2D eigenvalue weighted by Gasteiger charge is 2.17. The number of nitrogens with zero attached hydrogens (tertiary/aromatic N) is 3. The number of aromatic nitrogens is 1. The van der Waals surface area contributed by atoms with Gasteiger partial charge in [0.1, 0.15) is 10.8 Å². The Morgan fingerprint density at radius 2 is 2.17 bits per heavy atom. The van der Waals surface area contributed by atoms with Crippen LogP contribution in [-0.4, -0.2) is 28.1 Å². The molecule has 1 aromatic heterocycles. The summed E-state index contributed by atoms with van der Waals surface area (Å²) >= 11 is 5.74. The summed E-state index contributed by atoms with van der Waals surface area (Å²) in [6, 6.07) is 3.66. The average molecular weight is 339 g/mol. The van der Waals surface area contributed by atoms with E-state index in [1.54, 1.807) is 20.9 Å². The number of amides is 2. The van der Waals surface area contributed by atoms with E-state index in [9.17, 15) is 14.9 Å². The Bertz CT molecular complexity index is 740. The molecule has 1 heterocycles. The zero-order valence-corrected chi connectivity index (χ0v) is 13.5. The molecule has 1 aromatic carbocycles. The first-order valence-corrected chi connectivity index (χ1v) is 7.05. The van der Waals surface area contributed by atoms with Gasteiger partial charge in [0.05, 0.1) is 17.2 Å². The lowest BCUT2D eigenvalue weighted by Crippen LogP contribution is -2.31. The van der Waals surface area contributed by atoms with Gasteiger partial charge in [0.2, 0.25) is 0 Å². The molecule has 0 fully saturated rings. The van der Waals surface area contributed by atoms with Gasteiger partial charge < -0.3 is 14.7 Å². The monoisotopic (exact) mass is 338 g/mol. The predicted molar refractivity (Wildman–Crippen MR) is 84.6 cm³/mol. The summed E-state index contributed by atoms with van der Waals surface area (Å²) < 4.78 is 5.05. The molecule has 0 aliphatic rings. The van der Waals surface area contributed by atoms with E-state index in [0.29, 0.717) is 18.0 Å². The zero-order chi connectivity index (χ0) is 17.1. The molecule has 0 spiro atoms. The highest BCUT2D eigenvalue weighted by molar-refractivity contribution is 6.32. The van der Waals surface area contributed by atoms with Crippen LogP contribution >= 0.6 is 11.6 Å².